The van der Waals surface area contributed by atoms with E-state index in [1.54, 1.807) is 12.1 Å². The van der Waals surface area contributed by atoms with E-state index in [0.717, 1.165) is 0 Å². The lowest BCUT2D eigenvalue weighted by atomic mass is 10.3. The topological polar surface area (TPSA) is 77.7 Å². The summed E-state index contributed by atoms with van der Waals surface area (Å²) in [6, 6.07) is 4.45. The van der Waals surface area contributed by atoms with Crippen LogP contribution in [0.2, 0.25) is 0 Å². The van der Waals surface area contributed by atoms with Gasteiger partial charge >= 0.3 is 0 Å². The van der Waals surface area contributed by atoms with Crippen LogP contribution < -0.4 is 5.73 Å². The van der Waals surface area contributed by atoms with Gasteiger partial charge in [0.15, 0.2) is 6.29 Å². The van der Waals surface area contributed by atoms with E-state index in [1.165, 1.54) is 11.0 Å². The largest absolute Gasteiger partial charge is 0.351 e. The molecule has 0 radical (unpaired) electrons. The van der Waals surface area contributed by atoms with Crippen molar-refractivity contribution in [2.24, 2.45) is 5.73 Å². The molecule has 1 aromatic heterocycles. The lowest BCUT2D eigenvalue weighted by molar-refractivity contribution is -0.159. The fourth-order valence-electron chi connectivity index (χ4n) is 1.82. The zero-order valence-electron chi connectivity index (χ0n) is 12.4. The highest BCUT2D eigenvalue weighted by atomic mass is 19.1. The number of carbonyl (C=O) groups excluding carboxylic acids is 1. The van der Waals surface area contributed by atoms with Crippen LogP contribution in [0.3, 0.4) is 0 Å². The summed E-state index contributed by atoms with van der Waals surface area (Å²) in [6.45, 7) is 4.85. The molecule has 0 aliphatic carbocycles. The van der Waals surface area contributed by atoms with Crippen LogP contribution in [0.25, 0.3) is 0 Å². The Labute approximate surface area is 124 Å². The van der Waals surface area contributed by atoms with Gasteiger partial charge in [0.2, 0.25) is 11.9 Å². The third kappa shape index (κ3) is 6.16. The molecule has 118 valence electrons. The van der Waals surface area contributed by atoms with Crippen LogP contribution in [0.1, 0.15) is 19.5 Å². The first kappa shape index (κ1) is 17.5. The minimum Gasteiger partial charge on any atom is -0.351 e. The maximum atomic E-state index is 13.1. The van der Waals surface area contributed by atoms with Crippen LogP contribution in [0.5, 0.6) is 0 Å². The van der Waals surface area contributed by atoms with Crippen LogP contribution in [-0.4, -0.2) is 48.4 Å². The number of nitrogens with two attached hydrogens (primary N) is 1. The third-order valence-electron chi connectivity index (χ3n) is 2.73. The van der Waals surface area contributed by atoms with Gasteiger partial charge in [-0.1, -0.05) is 6.07 Å². The highest BCUT2D eigenvalue weighted by molar-refractivity contribution is 5.78. The molecule has 1 aromatic rings. The highest BCUT2D eigenvalue weighted by Crippen LogP contribution is 2.07. The van der Waals surface area contributed by atoms with E-state index in [0.29, 0.717) is 18.9 Å². The molecule has 2 N–H and O–H groups in total. The average Bonchev–Trinajstić information content (AvgIpc) is 2.46. The number of halogens is 1. The normalized spacial score (nSPS) is 10.9. The van der Waals surface area contributed by atoms with Gasteiger partial charge < -0.3 is 20.1 Å². The first-order valence-corrected chi connectivity index (χ1v) is 6.93. The van der Waals surface area contributed by atoms with E-state index in [2.05, 4.69) is 4.98 Å². The van der Waals surface area contributed by atoms with Gasteiger partial charge in [0, 0.05) is 13.2 Å². The van der Waals surface area contributed by atoms with Crippen molar-refractivity contribution in [2.45, 2.75) is 26.7 Å². The molecule has 0 spiro atoms. The van der Waals surface area contributed by atoms with E-state index in [1.807, 2.05) is 13.8 Å². The Morgan fingerprint density at radius 1 is 1.38 bits per heavy atom. The van der Waals surface area contributed by atoms with Crippen molar-refractivity contribution in [1.82, 2.24) is 9.88 Å². The Kier molecular flexibility index (Phi) is 7.81. The maximum Gasteiger partial charge on any atom is 0.236 e. The summed E-state index contributed by atoms with van der Waals surface area (Å²) >= 11 is 0. The molecule has 0 aromatic carbocycles. The van der Waals surface area contributed by atoms with E-state index in [9.17, 15) is 9.18 Å². The molecular weight excluding hydrogens is 277 g/mol. The SMILES string of the molecule is CCOC(CN(Cc1cccc(F)n1)C(=O)CN)OCC. The monoisotopic (exact) mass is 299 g/mol. The highest BCUT2D eigenvalue weighted by Gasteiger charge is 2.19. The first-order chi connectivity index (χ1) is 10.1. The van der Waals surface area contributed by atoms with Crippen LogP contribution in [0.4, 0.5) is 4.39 Å². The molecule has 0 aliphatic rings. The van der Waals surface area contributed by atoms with Gasteiger partial charge in [-0.05, 0) is 26.0 Å². The second kappa shape index (κ2) is 9.38. The Morgan fingerprint density at radius 3 is 2.57 bits per heavy atom. The summed E-state index contributed by atoms with van der Waals surface area (Å²) in [5, 5.41) is 0. The van der Waals surface area contributed by atoms with E-state index in [4.69, 9.17) is 15.2 Å². The number of aromatic nitrogens is 1. The number of hydrogen-bond acceptors (Lipinski definition) is 5. The second-order valence-corrected chi connectivity index (χ2v) is 4.27. The molecule has 6 nitrogen and oxygen atoms in total. The van der Waals surface area contributed by atoms with Crippen molar-refractivity contribution < 1.29 is 18.7 Å². The van der Waals surface area contributed by atoms with Crippen LogP contribution >= 0.6 is 0 Å². The summed E-state index contributed by atoms with van der Waals surface area (Å²) in [6.07, 6.45) is -0.538. The molecule has 21 heavy (non-hydrogen) atoms. The molecule has 0 fully saturated rings. The number of carbonyl (C=O) groups is 1. The fourth-order valence-corrected chi connectivity index (χ4v) is 1.82. The molecule has 0 saturated carbocycles. The number of amides is 1. The molecule has 0 atom stereocenters. The van der Waals surface area contributed by atoms with Gasteiger partial charge in [0.25, 0.3) is 0 Å². The van der Waals surface area contributed by atoms with Crippen molar-refractivity contribution in [3.05, 3.63) is 29.8 Å². The van der Waals surface area contributed by atoms with Crippen LogP contribution in [0, 0.1) is 5.95 Å². The van der Waals surface area contributed by atoms with Crippen molar-refractivity contribution in [3.8, 4) is 0 Å². The molecule has 0 saturated heterocycles. The minimum atomic E-state index is -0.584. The Bertz CT molecular complexity index is 439. The lowest BCUT2D eigenvalue weighted by Gasteiger charge is -2.26. The van der Waals surface area contributed by atoms with Gasteiger partial charge in [-0.2, -0.15) is 4.39 Å². The molecular formula is C14H22FN3O3. The molecule has 1 amide bonds. The molecule has 0 aliphatic heterocycles. The smallest absolute Gasteiger partial charge is 0.236 e. The van der Waals surface area contributed by atoms with Gasteiger partial charge in [-0.25, -0.2) is 4.98 Å². The van der Waals surface area contributed by atoms with E-state index < -0.39 is 12.2 Å². The Hall–Kier alpha value is -1.57. The predicted octanol–water partition coefficient (Wildman–Crippen LogP) is 0.907. The van der Waals surface area contributed by atoms with Gasteiger partial charge in [-0.3, -0.25) is 4.79 Å². The lowest BCUT2D eigenvalue weighted by Crippen LogP contribution is -2.42. The van der Waals surface area contributed by atoms with Crippen molar-refractivity contribution in [1.29, 1.82) is 0 Å². The molecule has 0 bridgehead atoms. The quantitative estimate of drug-likeness (QED) is 0.541. The van der Waals surface area contributed by atoms with Crippen LogP contribution in [0.15, 0.2) is 18.2 Å². The van der Waals surface area contributed by atoms with E-state index in [-0.39, 0.29) is 25.5 Å². The second-order valence-electron chi connectivity index (χ2n) is 4.27. The predicted molar refractivity (Wildman–Crippen MR) is 75.7 cm³/mol. The summed E-state index contributed by atoms with van der Waals surface area (Å²) in [7, 11) is 0. The number of rotatable bonds is 9. The number of nitrogens with zero attached hydrogens (tertiary/aromatic N) is 2. The summed E-state index contributed by atoms with van der Waals surface area (Å²) < 4.78 is 24.0. The van der Waals surface area contributed by atoms with Crippen LogP contribution in [-0.2, 0) is 20.8 Å². The van der Waals surface area contributed by atoms with Gasteiger partial charge in [0.1, 0.15) is 0 Å². The molecule has 0 unspecified atom stereocenters. The Balaban J connectivity index is 2.77. The molecule has 1 heterocycles. The number of ether oxygens (including phenoxy) is 2. The first-order valence-electron chi connectivity index (χ1n) is 6.93. The summed E-state index contributed by atoms with van der Waals surface area (Å²) in [5.74, 6) is -0.857. The van der Waals surface area contributed by atoms with E-state index >= 15 is 0 Å². The Morgan fingerprint density at radius 2 is 2.05 bits per heavy atom. The van der Waals surface area contributed by atoms with Crippen molar-refractivity contribution in [3.63, 3.8) is 0 Å². The summed E-state index contributed by atoms with van der Waals surface area (Å²) in [4.78, 5) is 17.1. The zero-order chi connectivity index (χ0) is 15.7. The van der Waals surface area contributed by atoms with Gasteiger partial charge in [0.05, 0.1) is 25.3 Å². The third-order valence-corrected chi connectivity index (χ3v) is 2.73. The van der Waals surface area contributed by atoms with Crippen molar-refractivity contribution in [2.75, 3.05) is 26.3 Å². The average molecular weight is 299 g/mol. The number of pyridine rings is 1. The standard InChI is InChI=1S/C14H22FN3O3/c1-3-20-14(21-4-2)10-18(13(19)8-16)9-11-6-5-7-12(15)17-11/h5-7,14H,3-4,8-10,16H2,1-2H3. The minimum absolute atomic E-state index is 0.139. The molecule has 7 heteroatoms. The fraction of sp³-hybridized carbons (Fsp3) is 0.571. The van der Waals surface area contributed by atoms with Gasteiger partial charge in [-0.15, -0.1) is 0 Å². The summed E-state index contributed by atoms with van der Waals surface area (Å²) in [5.41, 5.74) is 5.86. The molecule has 1 rings (SSSR count). The number of hydrogen-bond donors (Lipinski definition) is 1. The maximum absolute atomic E-state index is 13.1. The zero-order valence-corrected chi connectivity index (χ0v) is 12.4. The van der Waals surface area contributed by atoms with Crippen molar-refractivity contribution >= 4 is 5.91 Å².